The molecule has 0 radical (unpaired) electrons. The molecule has 0 spiro atoms. The van der Waals surface area contributed by atoms with Crippen LogP contribution < -0.4 is 10.6 Å². The Bertz CT molecular complexity index is 499. The van der Waals surface area contributed by atoms with Crippen LogP contribution in [0.3, 0.4) is 0 Å². The number of rotatable bonds is 4. The summed E-state index contributed by atoms with van der Waals surface area (Å²) in [5.74, 6) is 2.35. The highest BCUT2D eigenvalue weighted by Gasteiger charge is 2.28. The summed E-state index contributed by atoms with van der Waals surface area (Å²) < 4.78 is 0. The Kier molecular flexibility index (Phi) is 5.20. The quantitative estimate of drug-likeness (QED) is 0.889. The molecule has 1 atom stereocenters. The van der Waals surface area contributed by atoms with Crippen LogP contribution in [0.1, 0.15) is 44.5 Å². The number of amides is 1. The molecule has 0 aliphatic carbocycles. The Morgan fingerprint density at radius 1 is 1.38 bits per heavy atom. The average molecular weight is 306 g/mol. The number of hydrogen-bond donors (Lipinski definition) is 2. The van der Waals surface area contributed by atoms with Gasteiger partial charge in [0.05, 0.1) is 0 Å². The van der Waals surface area contributed by atoms with Gasteiger partial charge in [0.25, 0.3) is 5.91 Å². The third-order valence-electron chi connectivity index (χ3n) is 3.53. The van der Waals surface area contributed by atoms with Crippen molar-refractivity contribution < 1.29 is 4.79 Å². The number of benzene rings is 1. The van der Waals surface area contributed by atoms with E-state index in [0.29, 0.717) is 11.5 Å². The summed E-state index contributed by atoms with van der Waals surface area (Å²) in [7, 11) is 0. The molecule has 1 aromatic carbocycles. The largest absolute Gasteiger partial charge is 0.381 e. The van der Waals surface area contributed by atoms with E-state index in [1.54, 1.807) is 0 Å². The standard InChI is InChI=1S/C17H26N2OS/c1-12(2)18-16(20)13-6-5-7-14(8-13)19-15-9-17(3,4)11-21-10-15/h5-8,12,15,19H,9-11H2,1-4H3,(H,18,20). The summed E-state index contributed by atoms with van der Waals surface area (Å²) >= 11 is 2.01. The van der Waals surface area contributed by atoms with Crippen molar-refractivity contribution in [3.8, 4) is 0 Å². The summed E-state index contributed by atoms with van der Waals surface area (Å²) in [6.07, 6.45) is 1.17. The van der Waals surface area contributed by atoms with Crippen molar-refractivity contribution in [2.75, 3.05) is 16.8 Å². The smallest absolute Gasteiger partial charge is 0.251 e. The molecule has 1 saturated heterocycles. The SMILES string of the molecule is CC(C)NC(=O)c1cccc(NC2CSCC(C)(C)C2)c1. The molecule has 1 unspecified atom stereocenters. The zero-order chi connectivity index (χ0) is 15.5. The molecule has 4 heteroatoms. The van der Waals surface area contributed by atoms with Crippen molar-refractivity contribution in [3.05, 3.63) is 29.8 Å². The maximum absolute atomic E-state index is 12.1. The van der Waals surface area contributed by atoms with E-state index in [4.69, 9.17) is 0 Å². The van der Waals surface area contributed by atoms with Gasteiger partial charge < -0.3 is 10.6 Å². The molecule has 116 valence electrons. The third-order valence-corrected chi connectivity index (χ3v) is 5.15. The Morgan fingerprint density at radius 2 is 2.14 bits per heavy atom. The molecule has 0 saturated carbocycles. The van der Waals surface area contributed by atoms with E-state index in [9.17, 15) is 4.79 Å². The van der Waals surface area contributed by atoms with Crippen LogP contribution in [0, 0.1) is 5.41 Å². The van der Waals surface area contributed by atoms with Gasteiger partial charge in [-0.25, -0.2) is 0 Å². The average Bonchev–Trinajstić information content (AvgIpc) is 2.37. The van der Waals surface area contributed by atoms with E-state index in [-0.39, 0.29) is 11.9 Å². The van der Waals surface area contributed by atoms with Crippen LogP contribution in [0.2, 0.25) is 0 Å². The second-order valence-corrected chi connectivity index (χ2v) is 7.96. The van der Waals surface area contributed by atoms with Crippen LogP contribution in [0.15, 0.2) is 24.3 Å². The highest BCUT2D eigenvalue weighted by Crippen LogP contribution is 2.34. The highest BCUT2D eigenvalue weighted by atomic mass is 32.2. The fourth-order valence-corrected chi connectivity index (χ4v) is 3.96. The normalized spacial score (nSPS) is 21.1. The van der Waals surface area contributed by atoms with Gasteiger partial charge in [-0.3, -0.25) is 4.79 Å². The lowest BCUT2D eigenvalue weighted by Gasteiger charge is -2.35. The van der Waals surface area contributed by atoms with Crippen LogP contribution >= 0.6 is 11.8 Å². The molecule has 1 aromatic rings. The number of hydrogen-bond acceptors (Lipinski definition) is 3. The van der Waals surface area contributed by atoms with E-state index in [1.807, 2.05) is 49.9 Å². The maximum Gasteiger partial charge on any atom is 0.251 e. The van der Waals surface area contributed by atoms with Gasteiger partial charge in [-0.1, -0.05) is 19.9 Å². The van der Waals surface area contributed by atoms with Crippen molar-refractivity contribution in [3.63, 3.8) is 0 Å². The van der Waals surface area contributed by atoms with Crippen molar-refractivity contribution in [1.29, 1.82) is 0 Å². The summed E-state index contributed by atoms with van der Waals surface area (Å²) in [5, 5.41) is 6.52. The zero-order valence-electron chi connectivity index (χ0n) is 13.4. The first-order valence-electron chi connectivity index (χ1n) is 7.61. The fourth-order valence-electron chi connectivity index (χ4n) is 2.69. The monoisotopic (exact) mass is 306 g/mol. The predicted molar refractivity (Wildman–Crippen MR) is 92.2 cm³/mol. The fraction of sp³-hybridized carbons (Fsp3) is 0.588. The van der Waals surface area contributed by atoms with E-state index in [0.717, 1.165) is 17.0 Å². The van der Waals surface area contributed by atoms with Gasteiger partial charge in [0, 0.05) is 29.1 Å². The summed E-state index contributed by atoms with van der Waals surface area (Å²) in [6.45, 7) is 8.59. The Labute approximate surface area is 132 Å². The maximum atomic E-state index is 12.1. The van der Waals surface area contributed by atoms with Crippen LogP contribution in [0.5, 0.6) is 0 Å². The first-order chi connectivity index (χ1) is 9.85. The Morgan fingerprint density at radius 3 is 2.81 bits per heavy atom. The number of carbonyl (C=O) groups excluding carboxylic acids is 1. The van der Waals surface area contributed by atoms with Crippen LogP contribution in [0.4, 0.5) is 5.69 Å². The second-order valence-electron chi connectivity index (χ2n) is 6.93. The van der Waals surface area contributed by atoms with Crippen LogP contribution in [-0.4, -0.2) is 29.5 Å². The molecule has 21 heavy (non-hydrogen) atoms. The minimum Gasteiger partial charge on any atom is -0.381 e. The molecule has 2 N–H and O–H groups in total. The third kappa shape index (κ3) is 4.95. The van der Waals surface area contributed by atoms with E-state index in [1.165, 1.54) is 12.2 Å². The zero-order valence-corrected chi connectivity index (χ0v) is 14.2. The van der Waals surface area contributed by atoms with Gasteiger partial charge in [-0.2, -0.15) is 11.8 Å². The van der Waals surface area contributed by atoms with E-state index in [2.05, 4.69) is 24.5 Å². The predicted octanol–water partition coefficient (Wildman–Crippen LogP) is 3.77. The summed E-state index contributed by atoms with van der Waals surface area (Å²) in [6, 6.07) is 8.43. The minimum atomic E-state index is -0.00741. The van der Waals surface area contributed by atoms with Crippen LogP contribution in [-0.2, 0) is 0 Å². The number of nitrogens with one attached hydrogen (secondary N) is 2. The molecule has 1 fully saturated rings. The molecule has 1 aliphatic heterocycles. The van der Waals surface area contributed by atoms with E-state index >= 15 is 0 Å². The molecule has 1 amide bonds. The minimum absolute atomic E-state index is 0.00741. The van der Waals surface area contributed by atoms with Crippen molar-refractivity contribution in [2.24, 2.45) is 5.41 Å². The summed E-state index contributed by atoms with van der Waals surface area (Å²) in [5.41, 5.74) is 2.14. The molecule has 1 aliphatic rings. The van der Waals surface area contributed by atoms with Gasteiger partial charge >= 0.3 is 0 Å². The molecule has 3 nitrogen and oxygen atoms in total. The second kappa shape index (κ2) is 6.73. The van der Waals surface area contributed by atoms with Gasteiger partial charge in [0.15, 0.2) is 0 Å². The molecular formula is C17H26N2OS. The highest BCUT2D eigenvalue weighted by molar-refractivity contribution is 7.99. The molecule has 2 rings (SSSR count). The van der Waals surface area contributed by atoms with Crippen LogP contribution in [0.25, 0.3) is 0 Å². The van der Waals surface area contributed by atoms with Crippen molar-refractivity contribution in [1.82, 2.24) is 5.32 Å². The molecular weight excluding hydrogens is 280 g/mol. The lowest BCUT2D eigenvalue weighted by molar-refractivity contribution is 0.0943. The number of anilines is 1. The molecule has 0 aromatic heterocycles. The number of thioether (sulfide) groups is 1. The van der Waals surface area contributed by atoms with Gasteiger partial charge in [0.2, 0.25) is 0 Å². The van der Waals surface area contributed by atoms with Crippen molar-refractivity contribution >= 4 is 23.4 Å². The Balaban J connectivity index is 2.02. The first kappa shape index (κ1) is 16.2. The van der Waals surface area contributed by atoms with Gasteiger partial charge in [-0.15, -0.1) is 0 Å². The molecule has 0 bridgehead atoms. The van der Waals surface area contributed by atoms with Gasteiger partial charge in [-0.05, 0) is 49.6 Å². The lowest BCUT2D eigenvalue weighted by Crippen LogP contribution is -2.35. The Hall–Kier alpha value is -1.16. The molecule has 1 heterocycles. The van der Waals surface area contributed by atoms with E-state index < -0.39 is 0 Å². The van der Waals surface area contributed by atoms with Crippen molar-refractivity contribution in [2.45, 2.75) is 46.2 Å². The lowest BCUT2D eigenvalue weighted by atomic mass is 9.88. The van der Waals surface area contributed by atoms with Gasteiger partial charge in [0.1, 0.15) is 0 Å². The number of carbonyl (C=O) groups is 1. The summed E-state index contributed by atoms with van der Waals surface area (Å²) in [4.78, 5) is 12.1. The first-order valence-corrected chi connectivity index (χ1v) is 8.76. The topological polar surface area (TPSA) is 41.1 Å².